The maximum absolute atomic E-state index is 13.1. The Hall–Kier alpha value is -2.01. The number of rotatable bonds is 3. The third-order valence-electron chi connectivity index (χ3n) is 4.13. The van der Waals surface area contributed by atoms with Gasteiger partial charge < -0.3 is 0 Å². The van der Waals surface area contributed by atoms with Crippen molar-refractivity contribution in [3.05, 3.63) is 59.5 Å². The van der Waals surface area contributed by atoms with Crippen molar-refractivity contribution in [2.24, 2.45) is 5.92 Å². The second-order valence-electron chi connectivity index (χ2n) is 6.13. The Kier molecular flexibility index (Phi) is 4.06. The van der Waals surface area contributed by atoms with Crippen LogP contribution in [0.15, 0.2) is 47.6 Å². The summed E-state index contributed by atoms with van der Waals surface area (Å²) in [4.78, 5) is 4.08. The monoisotopic (exact) mass is 331 g/mol. The van der Waals surface area contributed by atoms with E-state index in [0.29, 0.717) is 5.92 Å². The first-order valence-corrected chi connectivity index (χ1v) is 9.38. The fourth-order valence-corrected chi connectivity index (χ4v) is 3.59. The topological polar surface area (TPSA) is 47.0 Å². The molecule has 0 saturated heterocycles. The van der Waals surface area contributed by atoms with Gasteiger partial charge in [-0.1, -0.05) is 25.1 Å². The van der Waals surface area contributed by atoms with E-state index in [1.807, 2.05) is 0 Å². The standard InChI is InChI=1S/C18H18FNO2S/c1-12-9-16(13-3-6-15(19)7-4-13)17(10-12)14-5-8-18(20-11-14)23(2,21)22/h3-8,11-12H,9-10H2,1-2H3. The summed E-state index contributed by atoms with van der Waals surface area (Å²) in [5.74, 6) is 0.251. The number of hydrogen-bond donors (Lipinski definition) is 0. The molecule has 3 nitrogen and oxygen atoms in total. The third kappa shape index (κ3) is 3.34. The molecule has 0 fully saturated rings. The van der Waals surface area contributed by atoms with E-state index in [9.17, 15) is 12.8 Å². The van der Waals surface area contributed by atoms with E-state index in [4.69, 9.17) is 0 Å². The minimum atomic E-state index is -3.29. The number of nitrogens with zero attached hydrogens (tertiary/aromatic N) is 1. The van der Waals surface area contributed by atoms with Crippen molar-refractivity contribution in [3.63, 3.8) is 0 Å². The van der Waals surface area contributed by atoms with E-state index in [2.05, 4.69) is 11.9 Å². The molecule has 3 rings (SSSR count). The van der Waals surface area contributed by atoms with Gasteiger partial charge in [-0.05, 0) is 59.2 Å². The first-order chi connectivity index (χ1) is 10.8. The number of benzene rings is 1. The highest BCUT2D eigenvalue weighted by atomic mass is 32.2. The van der Waals surface area contributed by atoms with Gasteiger partial charge in [0, 0.05) is 12.5 Å². The number of aromatic nitrogens is 1. The van der Waals surface area contributed by atoms with Gasteiger partial charge in [0.15, 0.2) is 14.9 Å². The van der Waals surface area contributed by atoms with Crippen LogP contribution in [-0.4, -0.2) is 19.7 Å². The molecule has 0 amide bonds. The molecule has 0 aliphatic heterocycles. The molecule has 0 N–H and O–H groups in total. The highest BCUT2D eigenvalue weighted by Gasteiger charge is 2.23. The van der Waals surface area contributed by atoms with E-state index in [1.165, 1.54) is 17.7 Å². The molecule has 0 saturated carbocycles. The average molecular weight is 331 g/mol. The minimum Gasteiger partial charge on any atom is -0.244 e. The lowest BCUT2D eigenvalue weighted by molar-refractivity contribution is 0.598. The van der Waals surface area contributed by atoms with Crippen molar-refractivity contribution in [2.45, 2.75) is 24.8 Å². The van der Waals surface area contributed by atoms with Crippen LogP contribution in [0, 0.1) is 11.7 Å². The zero-order valence-corrected chi connectivity index (χ0v) is 13.9. The van der Waals surface area contributed by atoms with Gasteiger partial charge in [-0.2, -0.15) is 0 Å². The normalized spacial score (nSPS) is 18.5. The lowest BCUT2D eigenvalue weighted by atomic mass is 9.98. The highest BCUT2D eigenvalue weighted by Crippen LogP contribution is 2.42. The maximum Gasteiger partial charge on any atom is 0.192 e. The van der Waals surface area contributed by atoms with Crippen LogP contribution in [0.5, 0.6) is 0 Å². The fourth-order valence-electron chi connectivity index (χ4n) is 3.03. The van der Waals surface area contributed by atoms with Crippen molar-refractivity contribution < 1.29 is 12.8 Å². The predicted molar refractivity (Wildman–Crippen MR) is 89.0 cm³/mol. The second-order valence-corrected chi connectivity index (χ2v) is 8.10. The number of sulfone groups is 1. The number of allylic oxidation sites excluding steroid dienone is 2. The zero-order chi connectivity index (χ0) is 16.6. The van der Waals surface area contributed by atoms with Crippen LogP contribution in [0.4, 0.5) is 4.39 Å². The van der Waals surface area contributed by atoms with E-state index in [0.717, 1.165) is 35.8 Å². The van der Waals surface area contributed by atoms with Gasteiger partial charge in [-0.25, -0.2) is 17.8 Å². The SMILES string of the molecule is CC1CC(c2ccc(F)cc2)=C(c2ccc(S(C)(=O)=O)nc2)C1. The summed E-state index contributed by atoms with van der Waals surface area (Å²) >= 11 is 0. The van der Waals surface area contributed by atoms with E-state index < -0.39 is 9.84 Å². The molecule has 23 heavy (non-hydrogen) atoms. The number of pyridine rings is 1. The van der Waals surface area contributed by atoms with E-state index in [1.54, 1.807) is 30.5 Å². The number of halogens is 1. The van der Waals surface area contributed by atoms with Crippen molar-refractivity contribution in [1.82, 2.24) is 4.98 Å². The fraction of sp³-hybridized carbons (Fsp3) is 0.278. The summed E-state index contributed by atoms with van der Waals surface area (Å²) in [7, 11) is -3.29. The Morgan fingerprint density at radius 2 is 1.57 bits per heavy atom. The van der Waals surface area contributed by atoms with Gasteiger partial charge in [-0.15, -0.1) is 0 Å². The van der Waals surface area contributed by atoms with Crippen LogP contribution in [0.25, 0.3) is 11.1 Å². The Balaban J connectivity index is 2.04. The summed E-state index contributed by atoms with van der Waals surface area (Å²) < 4.78 is 36.2. The van der Waals surface area contributed by atoms with Crippen LogP contribution >= 0.6 is 0 Å². The van der Waals surface area contributed by atoms with Crippen LogP contribution in [0.2, 0.25) is 0 Å². The summed E-state index contributed by atoms with van der Waals surface area (Å²) in [6.07, 6.45) is 4.60. The van der Waals surface area contributed by atoms with Gasteiger partial charge in [0.1, 0.15) is 5.82 Å². The summed E-state index contributed by atoms with van der Waals surface area (Å²) in [5.41, 5.74) is 4.29. The molecule has 1 atom stereocenters. The Morgan fingerprint density at radius 1 is 1.00 bits per heavy atom. The summed E-state index contributed by atoms with van der Waals surface area (Å²) in [6.45, 7) is 2.18. The van der Waals surface area contributed by atoms with Gasteiger partial charge in [0.2, 0.25) is 0 Å². The van der Waals surface area contributed by atoms with Crippen LogP contribution in [0.3, 0.4) is 0 Å². The predicted octanol–water partition coefficient (Wildman–Crippen LogP) is 3.96. The quantitative estimate of drug-likeness (QED) is 0.855. The Bertz CT molecular complexity index is 853. The largest absolute Gasteiger partial charge is 0.244 e. The van der Waals surface area contributed by atoms with Gasteiger partial charge in [0.25, 0.3) is 0 Å². The lowest BCUT2D eigenvalue weighted by Crippen LogP contribution is -2.00. The van der Waals surface area contributed by atoms with Crippen molar-refractivity contribution >= 4 is 21.0 Å². The van der Waals surface area contributed by atoms with Crippen LogP contribution in [0.1, 0.15) is 30.9 Å². The molecule has 0 spiro atoms. The second kappa shape index (κ2) is 5.89. The van der Waals surface area contributed by atoms with E-state index >= 15 is 0 Å². The molecule has 1 unspecified atom stereocenters. The molecule has 0 radical (unpaired) electrons. The van der Waals surface area contributed by atoms with E-state index in [-0.39, 0.29) is 10.8 Å². The van der Waals surface area contributed by atoms with Crippen molar-refractivity contribution in [1.29, 1.82) is 0 Å². The molecule has 1 aliphatic rings. The van der Waals surface area contributed by atoms with Crippen LogP contribution in [-0.2, 0) is 9.84 Å². The molecule has 0 bridgehead atoms. The van der Waals surface area contributed by atoms with Crippen LogP contribution < -0.4 is 0 Å². The highest BCUT2D eigenvalue weighted by molar-refractivity contribution is 7.90. The molecule has 120 valence electrons. The Morgan fingerprint density at radius 3 is 2.09 bits per heavy atom. The van der Waals surface area contributed by atoms with Gasteiger partial charge in [0.05, 0.1) is 0 Å². The molecule has 1 aromatic carbocycles. The maximum atomic E-state index is 13.1. The molecule has 1 aliphatic carbocycles. The van der Waals surface area contributed by atoms with Crippen molar-refractivity contribution in [2.75, 3.05) is 6.26 Å². The zero-order valence-electron chi connectivity index (χ0n) is 13.1. The lowest BCUT2D eigenvalue weighted by Gasteiger charge is -2.08. The van der Waals surface area contributed by atoms with Gasteiger partial charge in [-0.3, -0.25) is 0 Å². The van der Waals surface area contributed by atoms with Gasteiger partial charge >= 0.3 is 0 Å². The summed E-state index contributed by atoms with van der Waals surface area (Å²) in [5, 5.41) is 0.0798. The molecule has 1 heterocycles. The molecular formula is C18H18FNO2S. The molecule has 2 aromatic rings. The minimum absolute atomic E-state index is 0.0798. The molecule has 1 aromatic heterocycles. The molecular weight excluding hydrogens is 313 g/mol. The Labute approximate surface area is 135 Å². The first kappa shape index (κ1) is 15.9. The van der Waals surface area contributed by atoms with Crippen molar-refractivity contribution in [3.8, 4) is 0 Å². The molecule has 5 heteroatoms. The number of hydrogen-bond acceptors (Lipinski definition) is 3. The third-order valence-corrected chi connectivity index (χ3v) is 5.13. The average Bonchev–Trinajstić information content (AvgIpc) is 2.89. The smallest absolute Gasteiger partial charge is 0.192 e. The first-order valence-electron chi connectivity index (χ1n) is 7.49. The summed E-state index contributed by atoms with van der Waals surface area (Å²) in [6, 6.07) is 9.87.